The van der Waals surface area contributed by atoms with Crippen molar-refractivity contribution in [1.82, 2.24) is 14.1 Å². The van der Waals surface area contributed by atoms with E-state index < -0.39 is 10.0 Å². The number of carbonyl (C=O) groups excluding carboxylic acids is 1. The first-order chi connectivity index (χ1) is 13.2. The highest BCUT2D eigenvalue weighted by Crippen LogP contribution is 2.22. The summed E-state index contributed by atoms with van der Waals surface area (Å²) in [5.41, 5.74) is 3.03. The average Bonchev–Trinajstić information content (AvgIpc) is 2.96. The van der Waals surface area contributed by atoms with Gasteiger partial charge in [0.15, 0.2) is 0 Å². The lowest BCUT2D eigenvalue weighted by molar-refractivity contribution is 0.102. The molecule has 1 amide bonds. The Kier molecular flexibility index (Phi) is 5.35. The summed E-state index contributed by atoms with van der Waals surface area (Å²) in [7, 11) is -0.655. The molecule has 7 nitrogen and oxygen atoms in total. The van der Waals surface area contributed by atoms with E-state index in [1.165, 1.54) is 26.2 Å². The minimum Gasteiger partial charge on any atom is -0.322 e. The van der Waals surface area contributed by atoms with Crippen LogP contribution in [-0.4, -0.2) is 42.5 Å². The Hall–Kier alpha value is -2.97. The zero-order valence-corrected chi connectivity index (χ0v) is 17.0. The van der Waals surface area contributed by atoms with Gasteiger partial charge in [-0.15, -0.1) is 0 Å². The van der Waals surface area contributed by atoms with Gasteiger partial charge in [0, 0.05) is 19.8 Å². The van der Waals surface area contributed by atoms with Gasteiger partial charge >= 0.3 is 0 Å². The first-order valence-corrected chi connectivity index (χ1v) is 10.1. The molecule has 0 aliphatic rings. The van der Waals surface area contributed by atoms with Crippen LogP contribution in [-0.2, 0) is 10.0 Å². The van der Waals surface area contributed by atoms with Crippen LogP contribution < -0.4 is 5.32 Å². The number of hydrogen-bond donors (Lipinski definition) is 1. The number of sulfonamides is 1. The van der Waals surface area contributed by atoms with Gasteiger partial charge in [0.1, 0.15) is 0 Å². The average molecular weight is 398 g/mol. The molecule has 0 spiro atoms. The summed E-state index contributed by atoms with van der Waals surface area (Å²) >= 11 is 0. The maximum absolute atomic E-state index is 12.9. The minimum atomic E-state index is -3.58. The lowest BCUT2D eigenvalue weighted by atomic mass is 10.1. The van der Waals surface area contributed by atoms with Crippen LogP contribution in [0.1, 0.15) is 21.7 Å². The van der Waals surface area contributed by atoms with Crippen LogP contribution in [0.4, 0.5) is 5.69 Å². The maximum atomic E-state index is 12.9. The number of nitrogens with zero attached hydrogens (tertiary/aromatic N) is 3. The van der Waals surface area contributed by atoms with E-state index in [9.17, 15) is 13.2 Å². The molecule has 8 heteroatoms. The lowest BCUT2D eigenvalue weighted by Crippen LogP contribution is -2.22. The largest absolute Gasteiger partial charge is 0.322 e. The Morgan fingerprint density at radius 2 is 1.71 bits per heavy atom. The number of aryl methyl sites for hydroxylation is 1. The number of nitrogens with one attached hydrogen (secondary N) is 1. The van der Waals surface area contributed by atoms with Crippen molar-refractivity contribution in [1.29, 1.82) is 0 Å². The molecule has 146 valence electrons. The molecule has 1 N–H and O–H groups in total. The molecule has 0 atom stereocenters. The van der Waals surface area contributed by atoms with Crippen LogP contribution >= 0.6 is 0 Å². The van der Waals surface area contributed by atoms with Crippen LogP contribution in [0.25, 0.3) is 5.69 Å². The molecule has 1 aromatic heterocycles. The fourth-order valence-corrected chi connectivity index (χ4v) is 3.88. The normalized spacial score (nSPS) is 11.6. The zero-order valence-electron chi connectivity index (χ0n) is 16.2. The molecular formula is C20H22N4O3S. The van der Waals surface area contributed by atoms with Gasteiger partial charge in [0.05, 0.1) is 27.5 Å². The summed E-state index contributed by atoms with van der Waals surface area (Å²) in [5.74, 6) is -0.336. The molecule has 2 aromatic carbocycles. The summed E-state index contributed by atoms with van der Waals surface area (Å²) in [6.07, 6.45) is 0. The number of amides is 1. The van der Waals surface area contributed by atoms with E-state index in [0.29, 0.717) is 22.6 Å². The van der Waals surface area contributed by atoms with Crippen molar-refractivity contribution >= 4 is 21.6 Å². The Morgan fingerprint density at radius 3 is 2.36 bits per heavy atom. The van der Waals surface area contributed by atoms with Crippen molar-refractivity contribution in [3.05, 3.63) is 71.5 Å². The number of para-hydroxylation sites is 1. The second-order valence-electron chi connectivity index (χ2n) is 6.56. The summed E-state index contributed by atoms with van der Waals surface area (Å²) in [6, 6.07) is 15.7. The minimum absolute atomic E-state index is 0.115. The number of anilines is 1. The Labute approximate surface area is 164 Å². The fourth-order valence-electron chi connectivity index (χ4n) is 2.93. The lowest BCUT2D eigenvalue weighted by Gasteiger charge is -2.13. The van der Waals surface area contributed by atoms with Crippen molar-refractivity contribution in [3.8, 4) is 5.69 Å². The third kappa shape index (κ3) is 3.69. The maximum Gasteiger partial charge on any atom is 0.259 e. The summed E-state index contributed by atoms with van der Waals surface area (Å²) in [4.78, 5) is 13.0. The molecule has 0 bridgehead atoms. The van der Waals surface area contributed by atoms with E-state index in [2.05, 4.69) is 10.4 Å². The van der Waals surface area contributed by atoms with Gasteiger partial charge < -0.3 is 5.32 Å². The second-order valence-corrected chi connectivity index (χ2v) is 8.71. The molecule has 0 fully saturated rings. The van der Waals surface area contributed by atoms with Crippen molar-refractivity contribution < 1.29 is 13.2 Å². The van der Waals surface area contributed by atoms with E-state index in [1.807, 2.05) is 37.3 Å². The molecule has 3 aromatic rings. The van der Waals surface area contributed by atoms with Gasteiger partial charge in [-0.2, -0.15) is 5.10 Å². The van der Waals surface area contributed by atoms with Gasteiger partial charge in [0.2, 0.25) is 10.0 Å². The third-order valence-electron chi connectivity index (χ3n) is 4.39. The molecule has 0 saturated heterocycles. The molecular weight excluding hydrogens is 376 g/mol. The van der Waals surface area contributed by atoms with E-state index in [1.54, 1.807) is 23.7 Å². The fraction of sp³-hybridized carbons (Fsp3) is 0.200. The van der Waals surface area contributed by atoms with Crippen molar-refractivity contribution in [2.45, 2.75) is 18.7 Å². The van der Waals surface area contributed by atoms with Crippen LogP contribution in [0.15, 0.2) is 59.5 Å². The van der Waals surface area contributed by atoms with Crippen molar-refractivity contribution in [3.63, 3.8) is 0 Å². The quantitative estimate of drug-likeness (QED) is 0.716. The highest BCUT2D eigenvalue weighted by Gasteiger charge is 2.21. The molecule has 28 heavy (non-hydrogen) atoms. The highest BCUT2D eigenvalue weighted by atomic mass is 32.2. The number of aromatic nitrogens is 2. The van der Waals surface area contributed by atoms with Crippen LogP contribution in [0, 0.1) is 13.8 Å². The topological polar surface area (TPSA) is 84.3 Å². The van der Waals surface area contributed by atoms with Crippen LogP contribution in [0.3, 0.4) is 0 Å². The first kappa shape index (κ1) is 19.8. The van der Waals surface area contributed by atoms with Gasteiger partial charge in [-0.1, -0.05) is 24.3 Å². The molecule has 1 heterocycles. The zero-order chi connectivity index (χ0) is 20.5. The summed E-state index contributed by atoms with van der Waals surface area (Å²) < 4.78 is 27.5. The standard InChI is InChI=1S/C20H22N4O3S/c1-14-19(15(2)24(22-14)17-10-6-5-7-11-17)20(25)21-16-9-8-12-18(13-16)28(26,27)23(3)4/h5-13H,1-4H3,(H,21,25). The van der Waals surface area contributed by atoms with E-state index >= 15 is 0 Å². The smallest absolute Gasteiger partial charge is 0.259 e. The number of benzene rings is 2. The SMILES string of the molecule is Cc1nn(-c2ccccc2)c(C)c1C(=O)Nc1cccc(S(=O)(=O)N(C)C)c1. The predicted molar refractivity (Wildman–Crippen MR) is 108 cm³/mol. The van der Waals surface area contributed by atoms with Gasteiger partial charge in [-0.3, -0.25) is 4.79 Å². The first-order valence-electron chi connectivity index (χ1n) is 8.67. The van der Waals surface area contributed by atoms with Gasteiger partial charge in [-0.05, 0) is 44.2 Å². The van der Waals surface area contributed by atoms with Crippen molar-refractivity contribution in [2.24, 2.45) is 0 Å². The van der Waals surface area contributed by atoms with Crippen LogP contribution in [0.5, 0.6) is 0 Å². The van der Waals surface area contributed by atoms with Crippen molar-refractivity contribution in [2.75, 3.05) is 19.4 Å². The third-order valence-corrected chi connectivity index (χ3v) is 6.20. The predicted octanol–water partition coefficient (Wildman–Crippen LogP) is 2.99. The summed E-state index contributed by atoms with van der Waals surface area (Å²) in [6.45, 7) is 3.60. The molecule has 0 saturated carbocycles. The van der Waals surface area contributed by atoms with E-state index in [0.717, 1.165) is 9.99 Å². The number of rotatable bonds is 5. The molecule has 0 aliphatic carbocycles. The van der Waals surface area contributed by atoms with E-state index in [4.69, 9.17) is 0 Å². The Bertz CT molecular complexity index is 1120. The molecule has 0 unspecified atom stereocenters. The number of carbonyl (C=O) groups is 1. The monoisotopic (exact) mass is 398 g/mol. The Morgan fingerprint density at radius 1 is 1.04 bits per heavy atom. The highest BCUT2D eigenvalue weighted by molar-refractivity contribution is 7.89. The van der Waals surface area contributed by atoms with Gasteiger partial charge in [-0.25, -0.2) is 17.4 Å². The van der Waals surface area contributed by atoms with Gasteiger partial charge in [0.25, 0.3) is 5.91 Å². The molecule has 0 aliphatic heterocycles. The molecule has 0 radical (unpaired) electrons. The van der Waals surface area contributed by atoms with Crippen LogP contribution in [0.2, 0.25) is 0 Å². The van der Waals surface area contributed by atoms with E-state index in [-0.39, 0.29) is 10.8 Å². The Balaban J connectivity index is 1.92. The number of hydrogen-bond acceptors (Lipinski definition) is 4. The summed E-state index contributed by atoms with van der Waals surface area (Å²) in [5, 5.41) is 7.26. The second kappa shape index (κ2) is 7.57. The molecule has 3 rings (SSSR count).